The van der Waals surface area contributed by atoms with Crippen LogP contribution in [0.3, 0.4) is 0 Å². The number of benzene rings is 1. The first-order chi connectivity index (χ1) is 10.1. The normalized spacial score (nSPS) is 11.0. The molecular weight excluding hydrogens is 308 g/mol. The Kier molecular flexibility index (Phi) is 3.87. The first-order valence-corrected chi connectivity index (χ1v) is 7.96. The summed E-state index contributed by atoms with van der Waals surface area (Å²) in [5.74, 6) is -0.906. The second-order valence-corrected chi connectivity index (χ2v) is 6.38. The van der Waals surface area contributed by atoms with Crippen LogP contribution in [0.25, 0.3) is 10.1 Å². The van der Waals surface area contributed by atoms with E-state index >= 15 is 0 Å². The summed E-state index contributed by atoms with van der Waals surface area (Å²) in [7, 11) is 0. The van der Waals surface area contributed by atoms with Gasteiger partial charge < -0.3 is 15.4 Å². The summed E-state index contributed by atoms with van der Waals surface area (Å²) in [5, 5.41) is 15.2. The van der Waals surface area contributed by atoms with Gasteiger partial charge in [-0.25, -0.2) is 4.79 Å². The quantitative estimate of drug-likeness (QED) is 0.675. The van der Waals surface area contributed by atoms with Crippen molar-refractivity contribution in [3.63, 3.8) is 0 Å². The molecule has 0 aliphatic carbocycles. The molecule has 3 N–H and O–H groups in total. The van der Waals surface area contributed by atoms with Crippen LogP contribution in [0.15, 0.2) is 34.4 Å². The van der Waals surface area contributed by atoms with Gasteiger partial charge in [-0.05, 0) is 17.0 Å². The Bertz CT molecular complexity index is 847. The van der Waals surface area contributed by atoms with Crippen molar-refractivity contribution in [2.45, 2.75) is 13.1 Å². The fraction of sp³-hybridized carbons (Fsp3) is 0.143. The molecule has 0 saturated carbocycles. The Morgan fingerprint density at radius 1 is 1.29 bits per heavy atom. The molecule has 0 saturated heterocycles. The van der Waals surface area contributed by atoms with Crippen LogP contribution in [0.2, 0.25) is 0 Å². The number of H-pyrrole nitrogens is 1. The van der Waals surface area contributed by atoms with E-state index in [1.807, 2.05) is 24.3 Å². The van der Waals surface area contributed by atoms with Gasteiger partial charge in [0.2, 0.25) is 0 Å². The van der Waals surface area contributed by atoms with Crippen LogP contribution in [-0.4, -0.2) is 16.1 Å². The molecule has 3 rings (SSSR count). The average molecular weight is 320 g/mol. The fourth-order valence-corrected chi connectivity index (χ4v) is 3.81. The number of hydrogen-bond donors (Lipinski definition) is 3. The van der Waals surface area contributed by atoms with Gasteiger partial charge in [0.05, 0.1) is 0 Å². The highest BCUT2D eigenvalue weighted by atomic mass is 32.1. The molecular formula is C14H12N2O3S2. The van der Waals surface area contributed by atoms with Crippen LogP contribution in [0.4, 0.5) is 0 Å². The molecule has 7 heteroatoms. The largest absolute Gasteiger partial charge is 0.477 e. The number of carboxylic acids is 1. The van der Waals surface area contributed by atoms with Crippen LogP contribution < -0.4 is 10.2 Å². The third-order valence-corrected chi connectivity index (χ3v) is 5.00. The predicted molar refractivity (Wildman–Crippen MR) is 84.3 cm³/mol. The number of hydrogen-bond acceptors (Lipinski definition) is 5. The summed E-state index contributed by atoms with van der Waals surface area (Å²) in [4.78, 5) is 25.4. The summed E-state index contributed by atoms with van der Waals surface area (Å²) in [5.41, 5.74) is 1.60. The van der Waals surface area contributed by atoms with E-state index in [9.17, 15) is 14.7 Å². The topological polar surface area (TPSA) is 82.2 Å². The number of nitrogens with one attached hydrogen (secondary N) is 2. The highest BCUT2D eigenvalue weighted by Gasteiger charge is 2.16. The second-order valence-electron chi connectivity index (χ2n) is 4.49. The highest BCUT2D eigenvalue weighted by molar-refractivity contribution is 7.21. The fourth-order valence-electron chi connectivity index (χ4n) is 2.17. The molecule has 0 atom stereocenters. The number of aromatic amines is 1. The summed E-state index contributed by atoms with van der Waals surface area (Å²) in [6, 6.07) is 7.66. The standard InChI is InChI=1S/C14H12N2O3S2/c17-13(18)12-10(9-3-1-2-4-11(9)21-12)6-15-5-8-7-20-14(19)16-8/h1-4,7,15H,5-6H2,(H,16,19)(H,17,18). The van der Waals surface area contributed by atoms with E-state index in [-0.39, 0.29) is 4.87 Å². The number of thiophene rings is 1. The Morgan fingerprint density at radius 3 is 2.81 bits per heavy atom. The number of carboxylic acid groups (broad SMARTS) is 1. The van der Waals surface area contributed by atoms with Crippen molar-refractivity contribution in [3.8, 4) is 0 Å². The van der Waals surface area contributed by atoms with Gasteiger partial charge in [-0.15, -0.1) is 11.3 Å². The van der Waals surface area contributed by atoms with Crippen LogP contribution in [0, 0.1) is 0 Å². The van der Waals surface area contributed by atoms with Crippen molar-refractivity contribution in [1.82, 2.24) is 10.3 Å². The lowest BCUT2D eigenvalue weighted by Gasteiger charge is -2.04. The summed E-state index contributed by atoms with van der Waals surface area (Å²) >= 11 is 2.41. The third kappa shape index (κ3) is 2.90. The molecule has 108 valence electrons. The molecule has 0 aliphatic rings. The van der Waals surface area contributed by atoms with Crippen LogP contribution >= 0.6 is 22.7 Å². The van der Waals surface area contributed by atoms with Crippen molar-refractivity contribution < 1.29 is 9.90 Å². The smallest absolute Gasteiger partial charge is 0.346 e. The minimum Gasteiger partial charge on any atom is -0.477 e. The van der Waals surface area contributed by atoms with Gasteiger partial charge in [0, 0.05) is 28.9 Å². The number of fused-ring (bicyclic) bond motifs is 1. The van der Waals surface area contributed by atoms with Gasteiger partial charge >= 0.3 is 10.8 Å². The van der Waals surface area contributed by atoms with Crippen LogP contribution in [0.5, 0.6) is 0 Å². The lowest BCUT2D eigenvalue weighted by molar-refractivity contribution is 0.0701. The van der Waals surface area contributed by atoms with E-state index in [4.69, 9.17) is 0 Å². The maximum Gasteiger partial charge on any atom is 0.346 e. The van der Waals surface area contributed by atoms with E-state index < -0.39 is 5.97 Å². The Morgan fingerprint density at radius 2 is 2.10 bits per heavy atom. The number of aromatic nitrogens is 1. The SMILES string of the molecule is O=C(O)c1sc2ccccc2c1CNCc1csc(=O)[nH]1. The Labute approximate surface area is 127 Å². The van der Waals surface area contributed by atoms with Gasteiger partial charge in [0.15, 0.2) is 0 Å². The summed E-state index contributed by atoms with van der Waals surface area (Å²) in [6.45, 7) is 0.950. The maximum atomic E-state index is 11.4. The van der Waals surface area contributed by atoms with E-state index in [1.54, 1.807) is 5.38 Å². The maximum absolute atomic E-state index is 11.4. The molecule has 0 bridgehead atoms. The molecule has 0 spiro atoms. The molecule has 2 heterocycles. The van der Waals surface area contributed by atoms with Gasteiger partial charge in [-0.2, -0.15) is 0 Å². The van der Waals surface area contributed by atoms with E-state index in [0.717, 1.165) is 32.7 Å². The second kappa shape index (κ2) is 5.80. The predicted octanol–water partition coefficient (Wildman–Crippen LogP) is 2.64. The van der Waals surface area contributed by atoms with Gasteiger partial charge in [-0.3, -0.25) is 4.79 Å². The van der Waals surface area contributed by atoms with Crippen LogP contribution in [-0.2, 0) is 13.1 Å². The van der Waals surface area contributed by atoms with Gasteiger partial charge in [0.1, 0.15) is 4.88 Å². The lowest BCUT2D eigenvalue weighted by atomic mass is 10.1. The molecule has 21 heavy (non-hydrogen) atoms. The molecule has 5 nitrogen and oxygen atoms in total. The molecule has 0 unspecified atom stereocenters. The zero-order chi connectivity index (χ0) is 14.8. The molecule has 0 fully saturated rings. The summed E-state index contributed by atoms with van der Waals surface area (Å²) < 4.78 is 0.968. The molecule has 3 aromatic rings. The van der Waals surface area contributed by atoms with Crippen molar-refractivity contribution in [1.29, 1.82) is 0 Å². The first kappa shape index (κ1) is 14.0. The van der Waals surface area contributed by atoms with E-state index in [2.05, 4.69) is 10.3 Å². The van der Waals surface area contributed by atoms with Crippen molar-refractivity contribution in [3.05, 3.63) is 55.4 Å². The Balaban J connectivity index is 1.83. The third-order valence-electron chi connectivity index (χ3n) is 3.08. The number of aromatic carboxylic acids is 1. The van der Waals surface area contributed by atoms with Gasteiger partial charge in [0.25, 0.3) is 0 Å². The van der Waals surface area contributed by atoms with E-state index in [1.165, 1.54) is 11.3 Å². The molecule has 0 amide bonds. The highest BCUT2D eigenvalue weighted by Crippen LogP contribution is 2.31. The summed E-state index contributed by atoms with van der Waals surface area (Å²) in [6.07, 6.45) is 0. The number of thiazole rings is 1. The lowest BCUT2D eigenvalue weighted by Crippen LogP contribution is -2.15. The van der Waals surface area contributed by atoms with Crippen molar-refractivity contribution >= 4 is 38.7 Å². The van der Waals surface area contributed by atoms with Gasteiger partial charge in [-0.1, -0.05) is 29.5 Å². The first-order valence-electron chi connectivity index (χ1n) is 6.26. The van der Waals surface area contributed by atoms with E-state index in [0.29, 0.717) is 18.0 Å². The monoisotopic (exact) mass is 320 g/mol. The van der Waals surface area contributed by atoms with Crippen molar-refractivity contribution in [2.75, 3.05) is 0 Å². The molecule has 2 aromatic heterocycles. The average Bonchev–Trinajstić information content (AvgIpc) is 3.03. The molecule has 0 radical (unpaired) electrons. The zero-order valence-corrected chi connectivity index (χ0v) is 12.5. The molecule has 0 aliphatic heterocycles. The van der Waals surface area contributed by atoms with Crippen molar-refractivity contribution in [2.24, 2.45) is 0 Å². The zero-order valence-electron chi connectivity index (χ0n) is 10.9. The number of carbonyl (C=O) groups is 1. The minimum absolute atomic E-state index is 0.0843. The molecule has 1 aromatic carbocycles. The van der Waals surface area contributed by atoms with Crippen LogP contribution in [0.1, 0.15) is 20.9 Å². The minimum atomic E-state index is -0.906. The Hall–Kier alpha value is -1.96. The number of rotatable bonds is 5.